The first kappa shape index (κ1) is 20.1. The molecule has 0 bridgehead atoms. The number of nitrogens with zero attached hydrogens (tertiary/aromatic N) is 1. The van der Waals surface area contributed by atoms with Crippen LogP contribution in [-0.2, 0) is 11.3 Å². The monoisotopic (exact) mass is 402 g/mol. The average molecular weight is 402 g/mol. The Bertz CT molecular complexity index is 1010. The molecule has 0 unspecified atom stereocenters. The van der Waals surface area contributed by atoms with Gasteiger partial charge in [-0.25, -0.2) is 0 Å². The smallest absolute Gasteiger partial charge is 0.228 e. The van der Waals surface area contributed by atoms with E-state index in [-0.39, 0.29) is 17.6 Å². The molecule has 2 aromatic carbocycles. The standard InChI is InChI=1S/C25H26N2O3/c1-18(28)21-6-2-5-19(15-21)16-27-13-3-7-22(17-27)25(29)26-23-11-9-20(10-12-23)24-8-4-14-30-24/h2,4-6,8-12,14-15,22H,3,7,13,16-17H2,1H3,(H,26,29)/t22-/m1/s1. The van der Waals surface area contributed by atoms with E-state index in [0.29, 0.717) is 0 Å². The maximum atomic E-state index is 12.8. The summed E-state index contributed by atoms with van der Waals surface area (Å²) in [4.78, 5) is 26.7. The van der Waals surface area contributed by atoms with Gasteiger partial charge in [-0.05, 0) is 74.3 Å². The van der Waals surface area contributed by atoms with E-state index in [1.165, 1.54) is 0 Å². The molecule has 1 aromatic heterocycles. The van der Waals surface area contributed by atoms with Crippen LogP contribution in [0.15, 0.2) is 71.3 Å². The number of furan rings is 1. The van der Waals surface area contributed by atoms with Crippen molar-refractivity contribution < 1.29 is 14.0 Å². The molecular weight excluding hydrogens is 376 g/mol. The fourth-order valence-electron chi connectivity index (χ4n) is 3.96. The van der Waals surface area contributed by atoms with Crippen LogP contribution in [0, 0.1) is 5.92 Å². The summed E-state index contributed by atoms with van der Waals surface area (Å²) >= 11 is 0. The average Bonchev–Trinajstić information content (AvgIpc) is 3.29. The second-order valence-corrected chi connectivity index (χ2v) is 7.87. The number of ketones is 1. The van der Waals surface area contributed by atoms with Crippen LogP contribution in [0.3, 0.4) is 0 Å². The molecule has 5 heteroatoms. The van der Waals surface area contributed by atoms with E-state index in [2.05, 4.69) is 10.2 Å². The van der Waals surface area contributed by atoms with Gasteiger partial charge < -0.3 is 9.73 Å². The van der Waals surface area contributed by atoms with E-state index in [4.69, 9.17) is 4.42 Å². The highest BCUT2D eigenvalue weighted by molar-refractivity contribution is 5.94. The number of carbonyl (C=O) groups is 2. The van der Waals surface area contributed by atoms with Gasteiger partial charge in [0, 0.05) is 29.9 Å². The molecule has 1 saturated heterocycles. The second-order valence-electron chi connectivity index (χ2n) is 7.87. The maximum Gasteiger partial charge on any atom is 0.228 e. The molecule has 0 radical (unpaired) electrons. The van der Waals surface area contributed by atoms with Gasteiger partial charge in [0.1, 0.15) is 5.76 Å². The minimum atomic E-state index is -0.0421. The largest absolute Gasteiger partial charge is 0.464 e. The third-order valence-corrected chi connectivity index (χ3v) is 5.57. The third kappa shape index (κ3) is 4.86. The number of likely N-dealkylation sites (tertiary alicyclic amines) is 1. The van der Waals surface area contributed by atoms with Gasteiger partial charge in [0.25, 0.3) is 0 Å². The van der Waals surface area contributed by atoms with Crippen LogP contribution in [0.5, 0.6) is 0 Å². The van der Waals surface area contributed by atoms with E-state index in [1.807, 2.05) is 60.7 Å². The molecule has 1 fully saturated rings. The van der Waals surface area contributed by atoms with Crippen molar-refractivity contribution in [2.75, 3.05) is 18.4 Å². The molecule has 1 atom stereocenters. The SMILES string of the molecule is CC(=O)c1cccc(CN2CCC[C@@H](C(=O)Nc3ccc(-c4ccco4)cc3)C2)c1. The van der Waals surface area contributed by atoms with Gasteiger partial charge in [0.2, 0.25) is 5.91 Å². The van der Waals surface area contributed by atoms with Crippen molar-refractivity contribution in [3.63, 3.8) is 0 Å². The molecule has 0 saturated carbocycles. The quantitative estimate of drug-likeness (QED) is 0.590. The Labute approximate surface area is 176 Å². The van der Waals surface area contributed by atoms with Crippen molar-refractivity contribution in [2.24, 2.45) is 5.92 Å². The van der Waals surface area contributed by atoms with Gasteiger partial charge in [-0.2, -0.15) is 0 Å². The van der Waals surface area contributed by atoms with Crippen LogP contribution in [0.2, 0.25) is 0 Å². The molecule has 5 nitrogen and oxygen atoms in total. The molecule has 1 aliphatic rings. The third-order valence-electron chi connectivity index (χ3n) is 5.57. The summed E-state index contributed by atoms with van der Waals surface area (Å²) in [5, 5.41) is 3.05. The topological polar surface area (TPSA) is 62.6 Å². The number of anilines is 1. The van der Waals surface area contributed by atoms with Crippen LogP contribution < -0.4 is 5.32 Å². The van der Waals surface area contributed by atoms with Gasteiger partial charge in [-0.15, -0.1) is 0 Å². The lowest BCUT2D eigenvalue weighted by molar-refractivity contribution is -0.121. The van der Waals surface area contributed by atoms with Gasteiger partial charge >= 0.3 is 0 Å². The minimum absolute atomic E-state index is 0.0421. The van der Waals surface area contributed by atoms with Crippen molar-refractivity contribution in [2.45, 2.75) is 26.3 Å². The van der Waals surface area contributed by atoms with Gasteiger partial charge in [-0.3, -0.25) is 14.5 Å². The van der Waals surface area contributed by atoms with Crippen molar-refractivity contribution in [3.05, 3.63) is 78.1 Å². The number of Topliss-reactive ketones (excluding diaryl/α,β-unsaturated/α-hetero) is 1. The summed E-state index contributed by atoms with van der Waals surface area (Å²) in [6, 6.07) is 19.2. The fourth-order valence-corrected chi connectivity index (χ4v) is 3.96. The summed E-state index contributed by atoms with van der Waals surface area (Å²) in [6.07, 6.45) is 3.53. The summed E-state index contributed by atoms with van der Waals surface area (Å²) in [6.45, 7) is 4.02. The zero-order chi connectivity index (χ0) is 20.9. The van der Waals surface area contributed by atoms with Crippen LogP contribution in [0.1, 0.15) is 35.7 Å². The van der Waals surface area contributed by atoms with Crippen molar-refractivity contribution in [1.82, 2.24) is 4.90 Å². The number of hydrogen-bond acceptors (Lipinski definition) is 4. The molecule has 1 amide bonds. The van der Waals surface area contributed by atoms with Crippen molar-refractivity contribution in [1.29, 1.82) is 0 Å². The number of hydrogen-bond donors (Lipinski definition) is 1. The molecule has 2 heterocycles. The van der Waals surface area contributed by atoms with Crippen molar-refractivity contribution >= 4 is 17.4 Å². The van der Waals surface area contributed by atoms with E-state index < -0.39 is 0 Å². The molecule has 0 aliphatic carbocycles. The highest BCUT2D eigenvalue weighted by atomic mass is 16.3. The summed E-state index contributed by atoms with van der Waals surface area (Å²) < 4.78 is 5.41. The van der Waals surface area contributed by atoms with E-state index >= 15 is 0 Å². The predicted molar refractivity (Wildman–Crippen MR) is 117 cm³/mol. The van der Waals surface area contributed by atoms with Crippen LogP contribution in [0.4, 0.5) is 5.69 Å². The zero-order valence-electron chi connectivity index (χ0n) is 17.1. The molecule has 3 aromatic rings. The van der Waals surface area contributed by atoms with Crippen LogP contribution >= 0.6 is 0 Å². The zero-order valence-corrected chi connectivity index (χ0v) is 17.1. The molecule has 154 valence electrons. The first-order valence-electron chi connectivity index (χ1n) is 10.4. The normalized spacial score (nSPS) is 16.9. The van der Waals surface area contributed by atoms with Crippen LogP contribution in [-0.4, -0.2) is 29.7 Å². The van der Waals surface area contributed by atoms with E-state index in [1.54, 1.807) is 13.2 Å². The molecule has 30 heavy (non-hydrogen) atoms. The van der Waals surface area contributed by atoms with Gasteiger partial charge in [0.15, 0.2) is 5.78 Å². The van der Waals surface area contributed by atoms with E-state index in [0.717, 1.165) is 60.6 Å². The summed E-state index contributed by atoms with van der Waals surface area (Å²) in [5.41, 5.74) is 3.62. The predicted octanol–water partition coefficient (Wildman–Crippen LogP) is 5.00. The molecule has 0 spiro atoms. The fraction of sp³-hybridized carbons (Fsp3) is 0.280. The van der Waals surface area contributed by atoms with Crippen LogP contribution in [0.25, 0.3) is 11.3 Å². The molecule has 1 N–H and O–H groups in total. The first-order chi connectivity index (χ1) is 14.6. The Morgan fingerprint density at radius 2 is 1.93 bits per heavy atom. The first-order valence-corrected chi connectivity index (χ1v) is 10.4. The number of piperidine rings is 1. The minimum Gasteiger partial charge on any atom is -0.464 e. The maximum absolute atomic E-state index is 12.8. The molecular formula is C25H26N2O3. The molecule has 1 aliphatic heterocycles. The lowest BCUT2D eigenvalue weighted by Gasteiger charge is -2.32. The Morgan fingerprint density at radius 1 is 1.10 bits per heavy atom. The molecule has 4 rings (SSSR count). The highest BCUT2D eigenvalue weighted by Crippen LogP contribution is 2.24. The lowest BCUT2D eigenvalue weighted by Crippen LogP contribution is -2.40. The summed E-state index contributed by atoms with van der Waals surface area (Å²) in [5.74, 6) is 0.901. The van der Waals surface area contributed by atoms with Crippen molar-refractivity contribution in [3.8, 4) is 11.3 Å². The number of carbonyl (C=O) groups excluding carboxylic acids is 2. The number of benzene rings is 2. The lowest BCUT2D eigenvalue weighted by atomic mass is 9.96. The Balaban J connectivity index is 1.35. The number of amides is 1. The number of nitrogens with one attached hydrogen (secondary N) is 1. The highest BCUT2D eigenvalue weighted by Gasteiger charge is 2.26. The Kier molecular flexibility index (Phi) is 6.10. The second kappa shape index (κ2) is 9.09. The van der Waals surface area contributed by atoms with Gasteiger partial charge in [0.05, 0.1) is 12.2 Å². The van der Waals surface area contributed by atoms with E-state index in [9.17, 15) is 9.59 Å². The van der Waals surface area contributed by atoms with Gasteiger partial charge in [-0.1, -0.05) is 18.2 Å². The Hall–Kier alpha value is -3.18. The summed E-state index contributed by atoms with van der Waals surface area (Å²) in [7, 11) is 0. The Morgan fingerprint density at radius 3 is 2.67 bits per heavy atom. The number of rotatable bonds is 6.